The molecule has 0 aliphatic carbocycles. The van der Waals surface area contributed by atoms with E-state index in [2.05, 4.69) is 4.74 Å². The Kier molecular flexibility index (Phi) is 6.87. The van der Waals surface area contributed by atoms with E-state index in [0.29, 0.717) is 0 Å². The second-order valence-electron chi connectivity index (χ2n) is 5.92. The van der Waals surface area contributed by atoms with Gasteiger partial charge in [-0.3, -0.25) is 4.90 Å². The Hall–Kier alpha value is -1.38. The Morgan fingerprint density at radius 2 is 1.36 bits per heavy atom. The lowest BCUT2D eigenvalue weighted by Crippen LogP contribution is -2.68. The van der Waals surface area contributed by atoms with Crippen LogP contribution in [0.15, 0.2) is 0 Å². The Labute approximate surface area is 150 Å². The van der Waals surface area contributed by atoms with Gasteiger partial charge < -0.3 is 9.47 Å². The van der Waals surface area contributed by atoms with Gasteiger partial charge in [0.1, 0.15) is 6.10 Å². The van der Waals surface area contributed by atoms with E-state index < -0.39 is 41.9 Å². The lowest BCUT2D eigenvalue weighted by Gasteiger charge is -2.36. The standard InChI is InChI=1S/C13H14F11NO3/c1-7(6-25-2-4-27-5-3-25)28-8(26)9(14,15)10(16,17)11(18,19)12(20,21)13(22,23)24/h7H,2-6H2,1H3. The highest BCUT2D eigenvalue weighted by molar-refractivity contribution is 5.79. The summed E-state index contributed by atoms with van der Waals surface area (Å²) >= 11 is 0. The van der Waals surface area contributed by atoms with Gasteiger partial charge >= 0.3 is 35.8 Å². The Bertz CT molecular complexity index is 558. The molecule has 4 nitrogen and oxygen atoms in total. The van der Waals surface area contributed by atoms with Gasteiger partial charge in [-0.2, -0.15) is 48.3 Å². The van der Waals surface area contributed by atoms with Crippen LogP contribution in [0.1, 0.15) is 6.92 Å². The van der Waals surface area contributed by atoms with E-state index in [9.17, 15) is 53.1 Å². The Balaban J connectivity index is 2.99. The van der Waals surface area contributed by atoms with Crippen LogP contribution in [-0.2, 0) is 14.3 Å². The van der Waals surface area contributed by atoms with E-state index in [1.165, 1.54) is 4.90 Å². The normalized spacial score (nSPS) is 19.4. The molecule has 1 rings (SSSR count). The van der Waals surface area contributed by atoms with Gasteiger partial charge in [0.15, 0.2) is 0 Å². The average molecular weight is 441 g/mol. The molecule has 1 heterocycles. The Morgan fingerprint density at radius 3 is 1.79 bits per heavy atom. The number of alkyl halides is 11. The van der Waals surface area contributed by atoms with Crippen LogP contribution in [-0.4, -0.2) is 79.7 Å². The minimum atomic E-state index is -7.64. The van der Waals surface area contributed by atoms with Gasteiger partial charge in [0.05, 0.1) is 13.2 Å². The fourth-order valence-corrected chi connectivity index (χ4v) is 2.14. The van der Waals surface area contributed by atoms with Gasteiger partial charge in [0.2, 0.25) is 0 Å². The Morgan fingerprint density at radius 1 is 0.893 bits per heavy atom. The van der Waals surface area contributed by atoms with Crippen LogP contribution in [0.25, 0.3) is 0 Å². The second kappa shape index (κ2) is 7.80. The van der Waals surface area contributed by atoms with Crippen LogP contribution >= 0.6 is 0 Å². The first-order valence-electron chi connectivity index (χ1n) is 7.48. The van der Waals surface area contributed by atoms with Crippen molar-refractivity contribution in [3.8, 4) is 0 Å². The average Bonchev–Trinajstić information content (AvgIpc) is 2.53. The minimum Gasteiger partial charge on any atom is -0.457 e. The highest BCUT2D eigenvalue weighted by Gasteiger charge is 2.89. The number of nitrogens with zero attached hydrogens (tertiary/aromatic N) is 1. The van der Waals surface area contributed by atoms with E-state index in [4.69, 9.17) is 4.74 Å². The monoisotopic (exact) mass is 441 g/mol. The van der Waals surface area contributed by atoms with Gasteiger partial charge in [-0.15, -0.1) is 0 Å². The predicted molar refractivity (Wildman–Crippen MR) is 68.7 cm³/mol. The first-order chi connectivity index (χ1) is 12.4. The van der Waals surface area contributed by atoms with Crippen LogP contribution in [0.3, 0.4) is 0 Å². The molecule has 0 bridgehead atoms. The third-order valence-corrected chi connectivity index (χ3v) is 3.72. The minimum absolute atomic E-state index is 0.202. The number of ether oxygens (including phenoxy) is 2. The quantitative estimate of drug-likeness (QED) is 0.449. The van der Waals surface area contributed by atoms with Crippen LogP contribution < -0.4 is 0 Å². The summed E-state index contributed by atoms with van der Waals surface area (Å²) in [6.07, 6.45) is -8.88. The molecule has 0 amide bonds. The van der Waals surface area contributed by atoms with Crippen molar-refractivity contribution in [2.75, 3.05) is 32.8 Å². The van der Waals surface area contributed by atoms with Crippen molar-refractivity contribution in [1.29, 1.82) is 0 Å². The third-order valence-electron chi connectivity index (χ3n) is 3.72. The molecule has 0 aromatic heterocycles. The van der Waals surface area contributed by atoms with Crippen molar-refractivity contribution in [1.82, 2.24) is 4.90 Å². The number of hydrogen-bond acceptors (Lipinski definition) is 4. The van der Waals surface area contributed by atoms with Gasteiger partial charge in [0, 0.05) is 19.6 Å². The largest absolute Gasteiger partial charge is 0.460 e. The molecule has 1 aliphatic heterocycles. The maximum atomic E-state index is 13.5. The number of carbonyl (C=O) groups excluding carboxylic acids is 1. The number of carbonyl (C=O) groups is 1. The van der Waals surface area contributed by atoms with Crippen molar-refractivity contribution in [3.05, 3.63) is 0 Å². The van der Waals surface area contributed by atoms with Crippen LogP contribution in [0.2, 0.25) is 0 Å². The van der Waals surface area contributed by atoms with Gasteiger partial charge in [-0.25, -0.2) is 4.79 Å². The fraction of sp³-hybridized carbons (Fsp3) is 0.923. The summed E-state index contributed by atoms with van der Waals surface area (Å²) in [7, 11) is 0. The zero-order valence-electron chi connectivity index (χ0n) is 13.9. The zero-order chi connectivity index (χ0) is 22.2. The van der Waals surface area contributed by atoms with E-state index >= 15 is 0 Å². The fourth-order valence-electron chi connectivity index (χ4n) is 2.14. The van der Waals surface area contributed by atoms with E-state index in [1.54, 1.807) is 0 Å². The van der Waals surface area contributed by atoms with Crippen molar-refractivity contribution in [3.63, 3.8) is 0 Å². The smallest absolute Gasteiger partial charge is 0.457 e. The van der Waals surface area contributed by atoms with E-state index in [0.717, 1.165) is 6.92 Å². The highest BCUT2D eigenvalue weighted by Crippen LogP contribution is 2.57. The summed E-state index contributed by atoms with van der Waals surface area (Å²) in [6.45, 7) is 1.44. The summed E-state index contributed by atoms with van der Waals surface area (Å²) in [5.41, 5.74) is 0. The zero-order valence-corrected chi connectivity index (χ0v) is 13.9. The summed E-state index contributed by atoms with van der Waals surface area (Å²) in [6, 6.07) is 0. The molecule has 28 heavy (non-hydrogen) atoms. The van der Waals surface area contributed by atoms with Crippen LogP contribution in [0.5, 0.6) is 0 Å². The maximum Gasteiger partial charge on any atom is 0.460 e. The molecule has 1 atom stereocenters. The third kappa shape index (κ3) is 4.28. The molecule has 15 heteroatoms. The van der Waals surface area contributed by atoms with E-state index in [-0.39, 0.29) is 32.8 Å². The first kappa shape index (κ1) is 24.7. The number of rotatable bonds is 7. The SMILES string of the molecule is CC(CN1CCOCC1)OC(=O)C(F)(F)C(F)(F)C(F)(F)C(F)(F)C(F)(F)F. The molecule has 0 aromatic rings. The molecule has 1 saturated heterocycles. The molecular formula is C13H14F11NO3. The van der Waals surface area contributed by atoms with E-state index in [1.807, 2.05) is 0 Å². The molecule has 0 radical (unpaired) electrons. The molecule has 0 aromatic carbocycles. The number of morpholine rings is 1. The first-order valence-corrected chi connectivity index (χ1v) is 7.48. The molecule has 1 fully saturated rings. The molecular weight excluding hydrogens is 427 g/mol. The van der Waals surface area contributed by atoms with Crippen molar-refractivity contribution < 1.29 is 62.6 Å². The predicted octanol–water partition coefficient (Wildman–Crippen LogP) is 3.35. The number of halogens is 11. The van der Waals surface area contributed by atoms with Gasteiger partial charge in [-0.05, 0) is 6.92 Å². The lowest BCUT2D eigenvalue weighted by molar-refractivity contribution is -0.418. The second-order valence-corrected chi connectivity index (χ2v) is 5.92. The summed E-state index contributed by atoms with van der Waals surface area (Å²) in [5.74, 6) is -32.6. The van der Waals surface area contributed by atoms with Crippen LogP contribution in [0.4, 0.5) is 48.3 Å². The van der Waals surface area contributed by atoms with Crippen molar-refractivity contribution in [2.24, 2.45) is 0 Å². The molecule has 1 aliphatic rings. The topological polar surface area (TPSA) is 38.8 Å². The summed E-state index contributed by atoms with van der Waals surface area (Å²) in [4.78, 5) is 12.7. The van der Waals surface area contributed by atoms with Crippen molar-refractivity contribution >= 4 is 5.97 Å². The summed E-state index contributed by atoms with van der Waals surface area (Å²) < 4.78 is 150. The molecule has 166 valence electrons. The molecule has 0 saturated carbocycles. The molecule has 1 unspecified atom stereocenters. The number of hydrogen-bond donors (Lipinski definition) is 0. The molecule has 0 spiro atoms. The highest BCUT2D eigenvalue weighted by atomic mass is 19.4. The van der Waals surface area contributed by atoms with Crippen molar-refractivity contribution in [2.45, 2.75) is 42.9 Å². The van der Waals surface area contributed by atoms with Gasteiger partial charge in [-0.1, -0.05) is 0 Å². The molecule has 0 N–H and O–H groups in total. The summed E-state index contributed by atoms with van der Waals surface area (Å²) in [5, 5.41) is 0. The maximum absolute atomic E-state index is 13.5. The van der Waals surface area contributed by atoms with Gasteiger partial charge in [0.25, 0.3) is 0 Å². The lowest BCUT2D eigenvalue weighted by atomic mass is 9.98. The van der Waals surface area contributed by atoms with Crippen LogP contribution in [0, 0.1) is 0 Å². The number of esters is 1.